The van der Waals surface area contributed by atoms with E-state index >= 15 is 0 Å². The van der Waals surface area contributed by atoms with E-state index < -0.39 is 11.4 Å². The molecule has 0 radical (unpaired) electrons. The molecule has 0 bridgehead atoms. The van der Waals surface area contributed by atoms with Crippen molar-refractivity contribution in [2.45, 2.75) is 32.6 Å². The molecule has 1 aliphatic carbocycles. The second-order valence-corrected chi connectivity index (χ2v) is 5.37. The first-order chi connectivity index (χ1) is 8.51. The van der Waals surface area contributed by atoms with Crippen molar-refractivity contribution in [1.29, 1.82) is 0 Å². The molecule has 96 valence electrons. The van der Waals surface area contributed by atoms with E-state index in [1.165, 1.54) is 0 Å². The predicted molar refractivity (Wildman–Crippen MR) is 73.4 cm³/mol. The molecule has 0 spiro atoms. The van der Waals surface area contributed by atoms with Crippen LogP contribution in [0.3, 0.4) is 0 Å². The standard InChI is InChI=1S/C16H20O2/c1-4-11(2)13-10-9-12-7-5-6-8-14(12)16(13,3)15(17)18/h5-11,13H,4H2,1-3H3,(H,17,18)/t11?,13-,16+/m1/s1. The van der Waals surface area contributed by atoms with Gasteiger partial charge >= 0.3 is 5.97 Å². The molecule has 0 fully saturated rings. The van der Waals surface area contributed by atoms with Crippen LogP contribution in [0, 0.1) is 11.8 Å². The van der Waals surface area contributed by atoms with Crippen LogP contribution in [0.15, 0.2) is 30.3 Å². The van der Waals surface area contributed by atoms with Crippen molar-refractivity contribution < 1.29 is 9.90 Å². The summed E-state index contributed by atoms with van der Waals surface area (Å²) in [5, 5.41) is 9.73. The summed E-state index contributed by atoms with van der Waals surface area (Å²) < 4.78 is 0. The van der Waals surface area contributed by atoms with E-state index in [1.54, 1.807) is 0 Å². The molecule has 0 aliphatic heterocycles. The van der Waals surface area contributed by atoms with E-state index in [0.29, 0.717) is 5.92 Å². The number of allylic oxidation sites excluding steroid dienone is 1. The topological polar surface area (TPSA) is 37.3 Å². The highest BCUT2D eigenvalue weighted by Crippen LogP contribution is 2.44. The number of carboxylic acid groups (broad SMARTS) is 1. The van der Waals surface area contributed by atoms with Crippen molar-refractivity contribution in [3.63, 3.8) is 0 Å². The fourth-order valence-corrected chi connectivity index (χ4v) is 2.97. The maximum Gasteiger partial charge on any atom is 0.314 e. The van der Waals surface area contributed by atoms with Gasteiger partial charge in [-0.15, -0.1) is 0 Å². The number of rotatable bonds is 3. The van der Waals surface area contributed by atoms with Crippen LogP contribution >= 0.6 is 0 Å². The van der Waals surface area contributed by atoms with Gasteiger partial charge in [0.15, 0.2) is 0 Å². The lowest BCUT2D eigenvalue weighted by atomic mass is 9.63. The van der Waals surface area contributed by atoms with Gasteiger partial charge in [-0.1, -0.05) is 56.7 Å². The van der Waals surface area contributed by atoms with E-state index in [4.69, 9.17) is 0 Å². The van der Waals surface area contributed by atoms with Crippen molar-refractivity contribution in [1.82, 2.24) is 0 Å². The third-order valence-corrected chi connectivity index (χ3v) is 4.37. The second-order valence-electron chi connectivity index (χ2n) is 5.37. The Bertz CT molecular complexity index is 490. The molecule has 0 saturated heterocycles. The highest BCUT2D eigenvalue weighted by Gasteiger charge is 2.46. The first-order valence-corrected chi connectivity index (χ1v) is 6.53. The lowest BCUT2D eigenvalue weighted by Gasteiger charge is -2.39. The van der Waals surface area contributed by atoms with Gasteiger partial charge in [0.05, 0.1) is 5.41 Å². The van der Waals surface area contributed by atoms with Gasteiger partial charge in [-0.3, -0.25) is 4.79 Å². The van der Waals surface area contributed by atoms with E-state index in [-0.39, 0.29) is 5.92 Å². The smallest absolute Gasteiger partial charge is 0.314 e. The van der Waals surface area contributed by atoms with Crippen LogP contribution in [-0.2, 0) is 10.2 Å². The van der Waals surface area contributed by atoms with Crippen LogP contribution < -0.4 is 0 Å². The summed E-state index contributed by atoms with van der Waals surface area (Å²) in [7, 11) is 0. The summed E-state index contributed by atoms with van der Waals surface area (Å²) in [6.07, 6.45) is 5.13. The minimum atomic E-state index is -0.819. The summed E-state index contributed by atoms with van der Waals surface area (Å²) in [6, 6.07) is 7.81. The normalized spacial score (nSPS) is 27.6. The largest absolute Gasteiger partial charge is 0.481 e. The number of benzene rings is 1. The Balaban J connectivity index is 2.59. The molecule has 2 rings (SSSR count). The number of hydrogen-bond donors (Lipinski definition) is 1. The molecule has 1 unspecified atom stereocenters. The Morgan fingerprint density at radius 1 is 1.44 bits per heavy atom. The highest BCUT2D eigenvalue weighted by atomic mass is 16.4. The first kappa shape index (κ1) is 12.9. The summed E-state index contributed by atoms with van der Waals surface area (Å²) in [5.41, 5.74) is 1.15. The number of fused-ring (bicyclic) bond motifs is 1. The fraction of sp³-hybridized carbons (Fsp3) is 0.438. The molecule has 0 aromatic heterocycles. The Hall–Kier alpha value is -1.57. The molecule has 3 atom stereocenters. The number of carboxylic acids is 1. The third kappa shape index (κ3) is 1.76. The maximum atomic E-state index is 11.8. The van der Waals surface area contributed by atoms with Crippen molar-refractivity contribution in [3.05, 3.63) is 41.5 Å². The van der Waals surface area contributed by atoms with Gasteiger partial charge in [0.2, 0.25) is 0 Å². The van der Waals surface area contributed by atoms with E-state index in [2.05, 4.69) is 26.0 Å². The molecule has 1 aliphatic rings. The molecule has 0 amide bonds. The van der Waals surface area contributed by atoms with E-state index in [1.807, 2.05) is 31.2 Å². The molecule has 1 N–H and O–H groups in total. The van der Waals surface area contributed by atoms with Crippen molar-refractivity contribution in [3.8, 4) is 0 Å². The third-order valence-electron chi connectivity index (χ3n) is 4.37. The Morgan fingerprint density at radius 3 is 2.72 bits per heavy atom. The molecule has 1 aromatic carbocycles. The number of carbonyl (C=O) groups is 1. The monoisotopic (exact) mass is 244 g/mol. The minimum absolute atomic E-state index is 0.0508. The molecule has 2 nitrogen and oxygen atoms in total. The van der Waals surface area contributed by atoms with Gasteiger partial charge in [0, 0.05) is 0 Å². The minimum Gasteiger partial charge on any atom is -0.481 e. The average Bonchev–Trinajstić information content (AvgIpc) is 2.38. The van der Waals surface area contributed by atoms with E-state index in [9.17, 15) is 9.90 Å². The van der Waals surface area contributed by atoms with Crippen LogP contribution in [0.25, 0.3) is 6.08 Å². The molecule has 0 saturated carbocycles. The molecule has 18 heavy (non-hydrogen) atoms. The zero-order chi connectivity index (χ0) is 13.3. The summed E-state index contributed by atoms with van der Waals surface area (Å²) >= 11 is 0. The highest BCUT2D eigenvalue weighted by molar-refractivity contribution is 5.85. The van der Waals surface area contributed by atoms with Crippen molar-refractivity contribution >= 4 is 12.0 Å². The zero-order valence-electron chi connectivity index (χ0n) is 11.2. The quantitative estimate of drug-likeness (QED) is 0.880. The van der Waals surface area contributed by atoms with Gasteiger partial charge < -0.3 is 5.11 Å². The van der Waals surface area contributed by atoms with E-state index in [0.717, 1.165) is 17.5 Å². The Labute approximate surface area is 108 Å². The molecule has 1 aromatic rings. The molecular weight excluding hydrogens is 224 g/mol. The van der Waals surface area contributed by atoms with Crippen LogP contribution in [0.1, 0.15) is 38.3 Å². The van der Waals surface area contributed by atoms with Gasteiger partial charge in [-0.25, -0.2) is 0 Å². The lowest BCUT2D eigenvalue weighted by Crippen LogP contribution is -2.44. The van der Waals surface area contributed by atoms with Crippen LogP contribution in [0.5, 0.6) is 0 Å². The van der Waals surface area contributed by atoms with Crippen molar-refractivity contribution in [2.75, 3.05) is 0 Å². The molecule has 0 heterocycles. The fourth-order valence-electron chi connectivity index (χ4n) is 2.97. The summed E-state index contributed by atoms with van der Waals surface area (Å²) in [4.78, 5) is 11.8. The Kier molecular flexibility index (Phi) is 3.29. The number of aliphatic carboxylic acids is 1. The van der Waals surface area contributed by atoms with Gasteiger partial charge in [0.25, 0.3) is 0 Å². The number of hydrogen-bond acceptors (Lipinski definition) is 1. The molecular formula is C16H20O2. The summed E-state index contributed by atoms with van der Waals surface area (Å²) in [6.45, 7) is 6.10. The zero-order valence-corrected chi connectivity index (χ0v) is 11.2. The maximum absolute atomic E-state index is 11.8. The first-order valence-electron chi connectivity index (χ1n) is 6.53. The second kappa shape index (κ2) is 4.60. The Morgan fingerprint density at radius 2 is 2.11 bits per heavy atom. The average molecular weight is 244 g/mol. The predicted octanol–water partition coefficient (Wildman–Crippen LogP) is 3.72. The van der Waals surface area contributed by atoms with Crippen LogP contribution in [0.2, 0.25) is 0 Å². The van der Waals surface area contributed by atoms with Gasteiger partial charge in [-0.2, -0.15) is 0 Å². The summed E-state index contributed by atoms with van der Waals surface area (Å²) in [5.74, 6) is -0.324. The van der Waals surface area contributed by atoms with Crippen LogP contribution in [0.4, 0.5) is 0 Å². The van der Waals surface area contributed by atoms with Gasteiger partial charge in [0.1, 0.15) is 0 Å². The lowest BCUT2D eigenvalue weighted by molar-refractivity contribution is -0.145. The molecule has 2 heteroatoms. The van der Waals surface area contributed by atoms with Gasteiger partial charge in [-0.05, 0) is 29.9 Å². The SMILES string of the molecule is CCC(C)[C@H]1C=Cc2ccccc2[C@@]1(C)C(=O)O. The van der Waals surface area contributed by atoms with Crippen molar-refractivity contribution in [2.24, 2.45) is 11.8 Å². The van der Waals surface area contributed by atoms with Crippen LogP contribution in [-0.4, -0.2) is 11.1 Å².